The Kier molecular flexibility index (Phi) is 5.34. The van der Waals surface area contributed by atoms with Crippen molar-refractivity contribution >= 4 is 17.2 Å². The molecule has 1 aliphatic rings. The lowest BCUT2D eigenvalue weighted by Gasteiger charge is -2.06. The summed E-state index contributed by atoms with van der Waals surface area (Å²) < 4.78 is 2.11. The van der Waals surface area contributed by atoms with Gasteiger partial charge in [-0.05, 0) is 18.9 Å². The predicted octanol–water partition coefficient (Wildman–Crippen LogP) is 4.18. The van der Waals surface area contributed by atoms with Gasteiger partial charge in [0.2, 0.25) is 5.91 Å². The van der Waals surface area contributed by atoms with Crippen molar-refractivity contribution in [1.82, 2.24) is 25.1 Å². The minimum atomic E-state index is -0.0615. The first-order chi connectivity index (χ1) is 15.2. The molecule has 0 saturated heterocycles. The van der Waals surface area contributed by atoms with Crippen LogP contribution in [0.15, 0.2) is 54.6 Å². The average molecular weight is 430 g/mol. The Hall–Kier alpha value is -3.32. The number of hydrogen-bond acceptors (Lipinski definition) is 5. The van der Waals surface area contributed by atoms with E-state index < -0.39 is 0 Å². The Morgan fingerprint density at radius 3 is 2.68 bits per heavy atom. The topological polar surface area (TPSA) is 72.7 Å². The third kappa shape index (κ3) is 4.14. The van der Waals surface area contributed by atoms with E-state index in [-0.39, 0.29) is 12.3 Å². The Balaban J connectivity index is 1.38. The van der Waals surface area contributed by atoms with Crippen molar-refractivity contribution < 1.29 is 4.79 Å². The van der Waals surface area contributed by atoms with Crippen LogP contribution in [0.5, 0.6) is 0 Å². The van der Waals surface area contributed by atoms with Gasteiger partial charge in [-0.25, -0.2) is 4.98 Å². The van der Waals surface area contributed by atoms with Crippen molar-refractivity contribution in [2.75, 3.05) is 0 Å². The Bertz CT molecular complexity index is 1210. The van der Waals surface area contributed by atoms with Crippen LogP contribution in [-0.2, 0) is 30.7 Å². The Labute approximate surface area is 185 Å². The maximum Gasteiger partial charge on any atom is 0.226 e. The Morgan fingerprint density at radius 1 is 1.06 bits per heavy atom. The highest BCUT2D eigenvalue weighted by atomic mass is 32.1. The lowest BCUT2D eigenvalue weighted by Crippen LogP contribution is -2.26. The molecule has 0 spiro atoms. The smallest absolute Gasteiger partial charge is 0.226 e. The van der Waals surface area contributed by atoms with Crippen molar-refractivity contribution in [3.63, 3.8) is 0 Å². The highest BCUT2D eigenvalue weighted by Gasteiger charge is 2.20. The molecule has 0 saturated carbocycles. The third-order valence-electron chi connectivity index (χ3n) is 5.49. The molecule has 0 fully saturated rings. The molecule has 4 aromatic rings. The zero-order valence-corrected chi connectivity index (χ0v) is 18.2. The zero-order valence-electron chi connectivity index (χ0n) is 17.3. The predicted molar refractivity (Wildman–Crippen MR) is 122 cm³/mol. The molecule has 0 bridgehead atoms. The molecule has 2 aromatic carbocycles. The molecule has 0 unspecified atom stereocenters. The van der Waals surface area contributed by atoms with Gasteiger partial charge in [0.1, 0.15) is 10.8 Å². The van der Waals surface area contributed by atoms with E-state index in [1.54, 1.807) is 11.3 Å². The van der Waals surface area contributed by atoms with Gasteiger partial charge in [-0.2, -0.15) is 0 Å². The first-order valence-electron chi connectivity index (χ1n) is 10.5. The molecule has 0 atom stereocenters. The average Bonchev–Trinajstić information content (AvgIpc) is 3.50. The van der Waals surface area contributed by atoms with Crippen LogP contribution in [-0.4, -0.2) is 25.7 Å². The van der Waals surface area contributed by atoms with E-state index in [1.807, 2.05) is 30.3 Å². The molecule has 0 aliphatic carbocycles. The fraction of sp³-hybridized carbons (Fsp3) is 0.250. The number of rotatable bonds is 6. The van der Waals surface area contributed by atoms with Gasteiger partial charge in [-0.15, -0.1) is 21.5 Å². The van der Waals surface area contributed by atoms with Crippen LogP contribution in [0.3, 0.4) is 0 Å². The summed E-state index contributed by atoms with van der Waals surface area (Å²) in [5.41, 5.74) is 4.16. The van der Waals surface area contributed by atoms with Crippen molar-refractivity contribution in [3.05, 3.63) is 77.5 Å². The van der Waals surface area contributed by atoms with E-state index >= 15 is 0 Å². The van der Waals surface area contributed by atoms with Gasteiger partial charge in [-0.3, -0.25) is 4.79 Å². The Morgan fingerprint density at radius 2 is 1.87 bits per heavy atom. The monoisotopic (exact) mass is 429 g/mol. The molecule has 2 aromatic heterocycles. The third-order valence-corrected chi connectivity index (χ3v) is 6.69. The molecule has 6 nitrogen and oxygen atoms in total. The fourth-order valence-corrected chi connectivity index (χ4v) is 4.93. The van der Waals surface area contributed by atoms with Gasteiger partial charge in [-0.1, -0.05) is 60.2 Å². The second-order valence-electron chi connectivity index (χ2n) is 7.77. The number of aryl methyl sites for hydroxylation is 2. The van der Waals surface area contributed by atoms with E-state index in [2.05, 4.69) is 51.3 Å². The van der Waals surface area contributed by atoms with Gasteiger partial charge in [0.25, 0.3) is 0 Å². The maximum atomic E-state index is 12.8. The van der Waals surface area contributed by atoms with E-state index in [1.165, 1.54) is 5.56 Å². The second kappa shape index (κ2) is 8.43. The van der Waals surface area contributed by atoms with E-state index in [9.17, 15) is 4.79 Å². The summed E-state index contributed by atoms with van der Waals surface area (Å²) in [6, 6.07) is 18.5. The van der Waals surface area contributed by atoms with Crippen LogP contribution in [0.2, 0.25) is 0 Å². The van der Waals surface area contributed by atoms with Crippen LogP contribution in [0.25, 0.3) is 21.0 Å². The highest BCUT2D eigenvalue weighted by Crippen LogP contribution is 2.36. The van der Waals surface area contributed by atoms with Crippen molar-refractivity contribution in [1.29, 1.82) is 0 Å². The quantitative estimate of drug-likeness (QED) is 0.499. The summed E-state index contributed by atoms with van der Waals surface area (Å²) in [7, 11) is 0. The molecule has 1 amide bonds. The molecule has 0 radical (unpaired) electrons. The van der Waals surface area contributed by atoms with Crippen molar-refractivity contribution in [3.8, 4) is 21.0 Å². The van der Waals surface area contributed by atoms with Crippen LogP contribution in [0.4, 0.5) is 0 Å². The van der Waals surface area contributed by atoms with Gasteiger partial charge in [0.15, 0.2) is 5.82 Å². The van der Waals surface area contributed by atoms with Gasteiger partial charge in [0.05, 0.1) is 23.5 Å². The number of carbonyl (C=O) groups is 1. The number of fused-ring (bicyclic) bond motifs is 1. The standard InChI is InChI=1S/C24H23N5OS/c1-16-9-11-17(12-10-16)23-19(26-24(31-23)18-6-3-2-4-7-18)14-22(30)25-15-21-28-27-20-8-5-13-29(20)21/h2-4,6-7,9-12H,5,8,13-15H2,1H3,(H,25,30). The molecule has 7 heteroatoms. The van der Waals surface area contributed by atoms with E-state index in [0.717, 1.165) is 57.7 Å². The van der Waals surface area contributed by atoms with E-state index in [0.29, 0.717) is 6.54 Å². The maximum absolute atomic E-state index is 12.8. The first-order valence-corrected chi connectivity index (χ1v) is 11.3. The normalized spacial score (nSPS) is 12.7. The number of aromatic nitrogens is 4. The number of nitrogens with zero attached hydrogens (tertiary/aromatic N) is 4. The summed E-state index contributed by atoms with van der Waals surface area (Å²) in [5, 5.41) is 12.4. The van der Waals surface area contributed by atoms with Crippen molar-refractivity contribution in [2.45, 2.75) is 39.3 Å². The van der Waals surface area contributed by atoms with Crippen LogP contribution < -0.4 is 5.32 Å². The number of hydrogen-bond donors (Lipinski definition) is 1. The second-order valence-corrected chi connectivity index (χ2v) is 8.77. The zero-order chi connectivity index (χ0) is 21.2. The van der Waals surface area contributed by atoms with Crippen LogP contribution in [0, 0.1) is 6.92 Å². The molecule has 31 heavy (non-hydrogen) atoms. The summed E-state index contributed by atoms with van der Waals surface area (Å²) in [6.07, 6.45) is 2.28. The first kappa shape index (κ1) is 19.6. The fourth-order valence-electron chi connectivity index (χ4n) is 3.84. The number of benzene rings is 2. The minimum Gasteiger partial charge on any atom is -0.348 e. The molecule has 1 N–H and O–H groups in total. The van der Waals surface area contributed by atoms with Crippen LogP contribution >= 0.6 is 11.3 Å². The number of amides is 1. The lowest BCUT2D eigenvalue weighted by molar-refractivity contribution is -0.120. The van der Waals surface area contributed by atoms with Crippen molar-refractivity contribution in [2.24, 2.45) is 0 Å². The number of nitrogens with one attached hydrogen (secondary N) is 1. The molecular formula is C24H23N5OS. The van der Waals surface area contributed by atoms with E-state index in [4.69, 9.17) is 4.98 Å². The number of thiazole rings is 1. The molecule has 5 rings (SSSR count). The summed E-state index contributed by atoms with van der Waals surface area (Å²) in [4.78, 5) is 18.7. The van der Waals surface area contributed by atoms with Gasteiger partial charge >= 0.3 is 0 Å². The molecule has 1 aliphatic heterocycles. The molecule has 156 valence electrons. The molecular weight excluding hydrogens is 406 g/mol. The largest absolute Gasteiger partial charge is 0.348 e. The summed E-state index contributed by atoms with van der Waals surface area (Å²) in [5.74, 6) is 1.77. The van der Waals surface area contributed by atoms with Crippen LogP contribution in [0.1, 0.15) is 29.3 Å². The summed E-state index contributed by atoms with van der Waals surface area (Å²) in [6.45, 7) is 3.39. The minimum absolute atomic E-state index is 0.0615. The van der Waals surface area contributed by atoms with Gasteiger partial charge in [0, 0.05) is 18.5 Å². The SMILES string of the molecule is Cc1ccc(-c2sc(-c3ccccc3)nc2CC(=O)NCc2nnc3n2CCC3)cc1. The number of carbonyl (C=O) groups excluding carboxylic acids is 1. The highest BCUT2D eigenvalue weighted by molar-refractivity contribution is 7.18. The summed E-state index contributed by atoms with van der Waals surface area (Å²) >= 11 is 1.63. The molecule has 3 heterocycles. The lowest BCUT2D eigenvalue weighted by atomic mass is 10.1. The van der Waals surface area contributed by atoms with Gasteiger partial charge < -0.3 is 9.88 Å².